The molecule has 0 saturated carbocycles. The molecule has 15 heavy (non-hydrogen) atoms. The van der Waals surface area contributed by atoms with Gasteiger partial charge in [0.05, 0.1) is 0 Å². The standard InChI is InChI=1S/C14H14O/c15-12-8-7-11-6-5-10-3-1-2-4-13(10)14(11)9-12/h1-4,7-8,11,14H,5-6,9H2. The molecule has 2 unspecified atom stereocenters. The van der Waals surface area contributed by atoms with Crippen LogP contribution in [0.1, 0.15) is 29.9 Å². The van der Waals surface area contributed by atoms with Crippen LogP contribution in [0.3, 0.4) is 0 Å². The Hall–Kier alpha value is -1.37. The van der Waals surface area contributed by atoms with Crippen molar-refractivity contribution in [1.82, 2.24) is 0 Å². The second-order valence-corrected chi connectivity index (χ2v) is 4.54. The second-order valence-electron chi connectivity index (χ2n) is 4.54. The summed E-state index contributed by atoms with van der Waals surface area (Å²) in [5, 5.41) is 0. The predicted octanol–water partition coefficient (Wildman–Crippen LogP) is 2.86. The summed E-state index contributed by atoms with van der Waals surface area (Å²) in [5.74, 6) is 1.33. The molecule has 0 aliphatic heterocycles. The van der Waals surface area contributed by atoms with Gasteiger partial charge >= 0.3 is 0 Å². The fourth-order valence-corrected chi connectivity index (χ4v) is 2.88. The largest absolute Gasteiger partial charge is 0.295 e. The van der Waals surface area contributed by atoms with Gasteiger partial charge in [0, 0.05) is 6.42 Å². The SMILES string of the molecule is O=C1C=CC2CCc3ccccc3C2C1. The van der Waals surface area contributed by atoms with Crippen LogP contribution in [0.25, 0.3) is 0 Å². The summed E-state index contributed by atoms with van der Waals surface area (Å²) in [7, 11) is 0. The summed E-state index contributed by atoms with van der Waals surface area (Å²) >= 11 is 0. The molecule has 76 valence electrons. The molecule has 2 aliphatic carbocycles. The molecule has 3 rings (SSSR count). The zero-order valence-electron chi connectivity index (χ0n) is 8.65. The Bertz CT molecular complexity index is 431. The molecule has 0 aromatic heterocycles. The van der Waals surface area contributed by atoms with Crippen molar-refractivity contribution in [3.05, 3.63) is 47.5 Å². The maximum atomic E-state index is 11.4. The van der Waals surface area contributed by atoms with E-state index >= 15 is 0 Å². The lowest BCUT2D eigenvalue weighted by Gasteiger charge is -2.33. The lowest BCUT2D eigenvalue weighted by atomic mass is 9.71. The number of carbonyl (C=O) groups excluding carboxylic acids is 1. The number of allylic oxidation sites excluding steroid dienone is 2. The number of fused-ring (bicyclic) bond motifs is 3. The van der Waals surface area contributed by atoms with E-state index in [2.05, 4.69) is 30.3 Å². The van der Waals surface area contributed by atoms with Crippen LogP contribution in [-0.4, -0.2) is 5.78 Å². The van der Waals surface area contributed by atoms with Crippen LogP contribution in [-0.2, 0) is 11.2 Å². The number of hydrogen-bond acceptors (Lipinski definition) is 1. The first-order chi connectivity index (χ1) is 7.34. The minimum Gasteiger partial charge on any atom is -0.295 e. The Balaban J connectivity index is 2.06. The van der Waals surface area contributed by atoms with Gasteiger partial charge in [-0.15, -0.1) is 0 Å². The van der Waals surface area contributed by atoms with Crippen LogP contribution < -0.4 is 0 Å². The van der Waals surface area contributed by atoms with E-state index in [0.717, 1.165) is 6.42 Å². The topological polar surface area (TPSA) is 17.1 Å². The first-order valence-corrected chi connectivity index (χ1v) is 5.63. The molecule has 1 aromatic carbocycles. The van der Waals surface area contributed by atoms with Gasteiger partial charge in [0.1, 0.15) is 0 Å². The van der Waals surface area contributed by atoms with Gasteiger partial charge in [-0.2, -0.15) is 0 Å². The molecule has 2 aliphatic rings. The highest BCUT2D eigenvalue weighted by molar-refractivity contribution is 5.91. The normalized spacial score (nSPS) is 28.4. The zero-order chi connectivity index (χ0) is 10.3. The van der Waals surface area contributed by atoms with E-state index in [1.807, 2.05) is 0 Å². The molecule has 1 aromatic rings. The van der Waals surface area contributed by atoms with Gasteiger partial charge in [0.2, 0.25) is 0 Å². The molecule has 0 radical (unpaired) electrons. The first-order valence-electron chi connectivity index (χ1n) is 5.63. The molecule has 0 saturated heterocycles. The number of carbonyl (C=O) groups is 1. The van der Waals surface area contributed by atoms with Gasteiger partial charge < -0.3 is 0 Å². The molecular weight excluding hydrogens is 184 g/mol. The van der Waals surface area contributed by atoms with Gasteiger partial charge in [-0.3, -0.25) is 4.79 Å². The van der Waals surface area contributed by atoms with Gasteiger partial charge in [0.15, 0.2) is 5.78 Å². The van der Waals surface area contributed by atoms with E-state index in [1.54, 1.807) is 6.08 Å². The Kier molecular flexibility index (Phi) is 1.98. The molecule has 0 bridgehead atoms. The molecule has 0 fully saturated rings. The summed E-state index contributed by atoms with van der Waals surface area (Å²) in [6.45, 7) is 0. The van der Waals surface area contributed by atoms with E-state index < -0.39 is 0 Å². The minimum atomic E-state index is 0.285. The highest BCUT2D eigenvalue weighted by atomic mass is 16.1. The monoisotopic (exact) mass is 198 g/mol. The molecule has 0 amide bonds. The van der Waals surface area contributed by atoms with Crippen LogP contribution in [0.15, 0.2) is 36.4 Å². The van der Waals surface area contributed by atoms with E-state index in [9.17, 15) is 4.79 Å². The van der Waals surface area contributed by atoms with Crippen LogP contribution in [0.4, 0.5) is 0 Å². The Labute approximate surface area is 89.8 Å². The summed E-state index contributed by atoms with van der Waals surface area (Å²) in [5.41, 5.74) is 2.85. The number of benzene rings is 1. The summed E-state index contributed by atoms with van der Waals surface area (Å²) < 4.78 is 0. The maximum absolute atomic E-state index is 11.4. The highest BCUT2D eigenvalue weighted by Gasteiger charge is 2.31. The number of hydrogen-bond donors (Lipinski definition) is 0. The molecule has 0 N–H and O–H groups in total. The average Bonchev–Trinajstić information content (AvgIpc) is 2.29. The minimum absolute atomic E-state index is 0.285. The van der Waals surface area contributed by atoms with Crippen molar-refractivity contribution < 1.29 is 4.79 Å². The molecule has 2 atom stereocenters. The molecule has 0 spiro atoms. The summed E-state index contributed by atoms with van der Waals surface area (Å²) in [4.78, 5) is 11.4. The van der Waals surface area contributed by atoms with Gasteiger partial charge in [-0.25, -0.2) is 0 Å². The van der Waals surface area contributed by atoms with E-state index in [4.69, 9.17) is 0 Å². The summed E-state index contributed by atoms with van der Waals surface area (Å²) in [6.07, 6.45) is 6.96. The fraction of sp³-hybridized carbons (Fsp3) is 0.357. The zero-order valence-corrected chi connectivity index (χ0v) is 8.65. The second kappa shape index (κ2) is 3.34. The van der Waals surface area contributed by atoms with Gasteiger partial charge in [-0.1, -0.05) is 30.3 Å². The molecule has 1 heteroatoms. The van der Waals surface area contributed by atoms with Crippen LogP contribution in [0, 0.1) is 5.92 Å². The number of aryl methyl sites for hydroxylation is 1. The van der Waals surface area contributed by atoms with Crippen molar-refractivity contribution in [2.75, 3.05) is 0 Å². The molecule has 1 nitrogen and oxygen atoms in total. The first kappa shape index (κ1) is 8.90. The number of rotatable bonds is 0. The quantitative estimate of drug-likeness (QED) is 0.626. The maximum Gasteiger partial charge on any atom is 0.156 e. The third-order valence-corrected chi connectivity index (χ3v) is 3.67. The van der Waals surface area contributed by atoms with Crippen molar-refractivity contribution in [3.8, 4) is 0 Å². The van der Waals surface area contributed by atoms with Crippen molar-refractivity contribution in [2.24, 2.45) is 5.92 Å². The smallest absolute Gasteiger partial charge is 0.156 e. The van der Waals surface area contributed by atoms with Crippen molar-refractivity contribution in [1.29, 1.82) is 0 Å². The molecular formula is C14H14O. The van der Waals surface area contributed by atoms with Crippen molar-refractivity contribution in [2.45, 2.75) is 25.2 Å². The Morgan fingerprint density at radius 3 is 3.00 bits per heavy atom. The van der Waals surface area contributed by atoms with Gasteiger partial charge in [0.25, 0.3) is 0 Å². The van der Waals surface area contributed by atoms with E-state index in [0.29, 0.717) is 18.3 Å². The third kappa shape index (κ3) is 1.43. The summed E-state index contributed by atoms with van der Waals surface area (Å²) in [6, 6.07) is 8.58. The lowest BCUT2D eigenvalue weighted by Crippen LogP contribution is -2.24. The van der Waals surface area contributed by atoms with Crippen LogP contribution in [0.2, 0.25) is 0 Å². The highest BCUT2D eigenvalue weighted by Crippen LogP contribution is 2.41. The van der Waals surface area contributed by atoms with Crippen LogP contribution >= 0.6 is 0 Å². The van der Waals surface area contributed by atoms with Gasteiger partial charge in [-0.05, 0) is 41.9 Å². The third-order valence-electron chi connectivity index (χ3n) is 3.67. The lowest BCUT2D eigenvalue weighted by molar-refractivity contribution is -0.115. The average molecular weight is 198 g/mol. The van der Waals surface area contributed by atoms with E-state index in [-0.39, 0.29) is 5.78 Å². The van der Waals surface area contributed by atoms with Crippen molar-refractivity contribution >= 4 is 5.78 Å². The number of ketones is 1. The van der Waals surface area contributed by atoms with Crippen LogP contribution in [0.5, 0.6) is 0 Å². The van der Waals surface area contributed by atoms with E-state index in [1.165, 1.54) is 17.5 Å². The fourth-order valence-electron chi connectivity index (χ4n) is 2.88. The Morgan fingerprint density at radius 1 is 1.20 bits per heavy atom. The Morgan fingerprint density at radius 2 is 2.07 bits per heavy atom. The molecule has 0 heterocycles. The predicted molar refractivity (Wildman–Crippen MR) is 59.8 cm³/mol. The van der Waals surface area contributed by atoms with Crippen molar-refractivity contribution in [3.63, 3.8) is 0 Å².